The summed E-state index contributed by atoms with van der Waals surface area (Å²) in [4.78, 5) is 11.7. The highest BCUT2D eigenvalue weighted by atomic mass is 35.5. The van der Waals surface area contributed by atoms with Crippen LogP contribution in [0.5, 0.6) is 0 Å². The van der Waals surface area contributed by atoms with Crippen molar-refractivity contribution in [2.75, 3.05) is 0 Å². The monoisotopic (exact) mass is 285 g/mol. The fourth-order valence-corrected chi connectivity index (χ4v) is 2.73. The number of benzene rings is 2. The Morgan fingerprint density at radius 2 is 1.80 bits per heavy atom. The van der Waals surface area contributed by atoms with Crippen LogP contribution >= 0.6 is 11.6 Å². The first-order valence-corrected chi connectivity index (χ1v) is 6.59. The molecule has 0 aliphatic heterocycles. The molecule has 0 aliphatic rings. The SMILES string of the molecule is O=C(O)C(c1ccccc1)n1ccc2cccc(Cl)c21. The first-order valence-electron chi connectivity index (χ1n) is 6.21. The zero-order valence-corrected chi connectivity index (χ0v) is 11.3. The third-order valence-electron chi connectivity index (χ3n) is 3.32. The smallest absolute Gasteiger partial charge is 0.331 e. The van der Waals surface area contributed by atoms with Crippen LogP contribution in [0.15, 0.2) is 60.8 Å². The second kappa shape index (κ2) is 5.02. The molecule has 100 valence electrons. The van der Waals surface area contributed by atoms with Crippen LogP contribution in [0, 0.1) is 0 Å². The number of fused-ring (bicyclic) bond motifs is 1. The molecule has 0 saturated heterocycles. The molecule has 1 unspecified atom stereocenters. The van der Waals surface area contributed by atoms with Crippen molar-refractivity contribution in [3.8, 4) is 0 Å². The van der Waals surface area contributed by atoms with Gasteiger partial charge in [0.05, 0.1) is 10.5 Å². The molecule has 1 N–H and O–H groups in total. The average Bonchev–Trinajstić information content (AvgIpc) is 2.85. The quantitative estimate of drug-likeness (QED) is 0.791. The van der Waals surface area contributed by atoms with Gasteiger partial charge in [-0.3, -0.25) is 0 Å². The molecule has 20 heavy (non-hydrogen) atoms. The summed E-state index contributed by atoms with van der Waals surface area (Å²) >= 11 is 6.23. The summed E-state index contributed by atoms with van der Waals surface area (Å²) in [5.74, 6) is -0.909. The van der Waals surface area contributed by atoms with Crippen molar-refractivity contribution in [3.05, 3.63) is 71.4 Å². The second-order valence-corrected chi connectivity index (χ2v) is 4.96. The molecule has 0 spiro atoms. The Labute approximate surface area is 121 Å². The molecule has 0 radical (unpaired) electrons. The van der Waals surface area contributed by atoms with Crippen LogP contribution in [0.1, 0.15) is 11.6 Å². The molecule has 2 aromatic carbocycles. The molecule has 3 rings (SSSR count). The number of carboxylic acids is 1. The van der Waals surface area contributed by atoms with E-state index in [1.54, 1.807) is 16.8 Å². The van der Waals surface area contributed by atoms with Crippen molar-refractivity contribution in [2.24, 2.45) is 0 Å². The zero-order valence-electron chi connectivity index (χ0n) is 10.5. The van der Waals surface area contributed by atoms with Gasteiger partial charge in [-0.05, 0) is 17.7 Å². The third kappa shape index (κ3) is 2.06. The molecule has 3 nitrogen and oxygen atoms in total. The van der Waals surface area contributed by atoms with Gasteiger partial charge >= 0.3 is 5.97 Å². The molecular weight excluding hydrogens is 274 g/mol. The van der Waals surface area contributed by atoms with Crippen LogP contribution in [0.4, 0.5) is 0 Å². The zero-order chi connectivity index (χ0) is 14.1. The van der Waals surface area contributed by atoms with Gasteiger partial charge in [0.25, 0.3) is 0 Å². The minimum Gasteiger partial charge on any atom is -0.479 e. The summed E-state index contributed by atoms with van der Waals surface area (Å²) in [5.41, 5.74) is 1.46. The average molecular weight is 286 g/mol. The number of carbonyl (C=O) groups is 1. The van der Waals surface area contributed by atoms with Crippen molar-refractivity contribution in [1.82, 2.24) is 4.57 Å². The molecule has 1 aromatic heterocycles. The van der Waals surface area contributed by atoms with E-state index in [9.17, 15) is 9.90 Å². The minimum absolute atomic E-state index is 0.551. The summed E-state index contributed by atoms with van der Waals surface area (Å²) in [5, 5.41) is 11.1. The maximum Gasteiger partial charge on any atom is 0.331 e. The maximum absolute atomic E-state index is 11.7. The highest BCUT2D eigenvalue weighted by Crippen LogP contribution is 2.30. The van der Waals surface area contributed by atoms with Gasteiger partial charge in [0, 0.05) is 11.6 Å². The Morgan fingerprint density at radius 1 is 1.05 bits per heavy atom. The summed E-state index contributed by atoms with van der Waals surface area (Å²) in [6.45, 7) is 0. The lowest BCUT2D eigenvalue weighted by Gasteiger charge is -2.16. The minimum atomic E-state index is -0.909. The summed E-state index contributed by atoms with van der Waals surface area (Å²) < 4.78 is 1.70. The number of halogens is 1. The van der Waals surface area contributed by atoms with Gasteiger partial charge < -0.3 is 9.67 Å². The number of para-hydroxylation sites is 1. The normalized spacial score (nSPS) is 12.4. The Hall–Kier alpha value is -2.26. The van der Waals surface area contributed by atoms with Gasteiger partial charge in [-0.2, -0.15) is 0 Å². The number of carboxylic acid groups (broad SMARTS) is 1. The van der Waals surface area contributed by atoms with E-state index >= 15 is 0 Å². The lowest BCUT2D eigenvalue weighted by molar-refractivity contribution is -0.139. The molecular formula is C16H12ClNO2. The Morgan fingerprint density at radius 3 is 2.50 bits per heavy atom. The lowest BCUT2D eigenvalue weighted by Crippen LogP contribution is -2.19. The topological polar surface area (TPSA) is 42.2 Å². The van der Waals surface area contributed by atoms with Crippen LogP contribution in [-0.2, 0) is 4.79 Å². The maximum atomic E-state index is 11.7. The van der Waals surface area contributed by atoms with Crippen molar-refractivity contribution in [3.63, 3.8) is 0 Å². The summed E-state index contributed by atoms with van der Waals surface area (Å²) in [7, 11) is 0. The van der Waals surface area contributed by atoms with E-state index in [0.717, 1.165) is 16.5 Å². The second-order valence-electron chi connectivity index (χ2n) is 4.55. The predicted molar refractivity (Wildman–Crippen MR) is 79.2 cm³/mol. The van der Waals surface area contributed by atoms with Gasteiger partial charge in [-0.15, -0.1) is 0 Å². The third-order valence-corrected chi connectivity index (χ3v) is 3.62. The molecule has 0 amide bonds. The predicted octanol–water partition coefficient (Wildman–Crippen LogP) is 3.97. The molecule has 4 heteroatoms. The van der Waals surface area contributed by atoms with E-state index in [1.165, 1.54) is 0 Å². The van der Waals surface area contributed by atoms with E-state index in [1.807, 2.05) is 48.5 Å². The van der Waals surface area contributed by atoms with E-state index < -0.39 is 12.0 Å². The van der Waals surface area contributed by atoms with E-state index in [0.29, 0.717) is 5.02 Å². The number of rotatable bonds is 3. The van der Waals surface area contributed by atoms with E-state index in [4.69, 9.17) is 11.6 Å². The number of hydrogen-bond donors (Lipinski definition) is 1. The van der Waals surface area contributed by atoms with Crippen molar-refractivity contribution in [1.29, 1.82) is 0 Å². The Balaban J connectivity index is 2.24. The van der Waals surface area contributed by atoms with Gasteiger partial charge in [-0.25, -0.2) is 4.79 Å². The largest absolute Gasteiger partial charge is 0.479 e. The van der Waals surface area contributed by atoms with Crippen molar-refractivity contribution < 1.29 is 9.90 Å². The van der Waals surface area contributed by atoms with Gasteiger partial charge in [0.1, 0.15) is 0 Å². The van der Waals surface area contributed by atoms with Crippen LogP contribution in [0.25, 0.3) is 10.9 Å². The summed E-state index contributed by atoms with van der Waals surface area (Å²) in [6, 6.07) is 15.8. The number of hydrogen-bond acceptors (Lipinski definition) is 1. The first-order chi connectivity index (χ1) is 9.68. The number of aliphatic carboxylic acids is 1. The van der Waals surface area contributed by atoms with E-state index in [-0.39, 0.29) is 0 Å². The molecule has 0 fully saturated rings. The number of nitrogens with zero attached hydrogens (tertiary/aromatic N) is 1. The molecule has 0 bridgehead atoms. The molecule has 3 aromatic rings. The molecule has 1 atom stereocenters. The molecule has 1 heterocycles. The highest BCUT2D eigenvalue weighted by molar-refractivity contribution is 6.35. The van der Waals surface area contributed by atoms with Crippen molar-refractivity contribution >= 4 is 28.5 Å². The lowest BCUT2D eigenvalue weighted by atomic mass is 10.1. The van der Waals surface area contributed by atoms with E-state index in [2.05, 4.69) is 0 Å². The number of aromatic nitrogens is 1. The van der Waals surface area contributed by atoms with Crippen LogP contribution in [0.3, 0.4) is 0 Å². The first kappa shape index (κ1) is 12.8. The molecule has 0 aliphatic carbocycles. The van der Waals surface area contributed by atoms with Gasteiger partial charge in [-0.1, -0.05) is 54.1 Å². The van der Waals surface area contributed by atoms with Crippen LogP contribution in [0.2, 0.25) is 5.02 Å². The van der Waals surface area contributed by atoms with Crippen molar-refractivity contribution in [2.45, 2.75) is 6.04 Å². The Kier molecular flexibility index (Phi) is 3.20. The summed E-state index contributed by atoms with van der Waals surface area (Å²) in [6.07, 6.45) is 1.77. The highest BCUT2D eigenvalue weighted by Gasteiger charge is 2.23. The Bertz CT molecular complexity index is 765. The standard InChI is InChI=1S/C16H12ClNO2/c17-13-8-4-7-12-9-10-18(14(12)13)15(16(19)20)11-5-2-1-3-6-11/h1-10,15H,(H,19,20). The van der Waals surface area contributed by atoms with Crippen LogP contribution < -0.4 is 0 Å². The van der Waals surface area contributed by atoms with Gasteiger partial charge in [0.2, 0.25) is 0 Å². The van der Waals surface area contributed by atoms with Crippen LogP contribution in [-0.4, -0.2) is 15.6 Å². The molecule has 0 saturated carbocycles. The fraction of sp³-hybridized carbons (Fsp3) is 0.0625. The van der Waals surface area contributed by atoms with Gasteiger partial charge in [0.15, 0.2) is 6.04 Å². The fourth-order valence-electron chi connectivity index (χ4n) is 2.45.